The predicted octanol–water partition coefficient (Wildman–Crippen LogP) is 4.79. The number of hydrogen-bond acceptors (Lipinski definition) is 4. The summed E-state index contributed by atoms with van der Waals surface area (Å²) in [5, 5.41) is 6.79. The molecule has 0 fully saturated rings. The van der Waals surface area contributed by atoms with Gasteiger partial charge in [-0.15, -0.1) is 24.0 Å². The van der Waals surface area contributed by atoms with E-state index in [4.69, 9.17) is 14.1 Å². The highest BCUT2D eigenvalue weighted by Crippen LogP contribution is 2.14. The number of nitrogens with zero attached hydrogens (tertiary/aromatic N) is 2. The van der Waals surface area contributed by atoms with E-state index in [1.54, 1.807) is 13.4 Å². The van der Waals surface area contributed by atoms with Crippen molar-refractivity contribution in [2.45, 2.75) is 33.1 Å². The molecule has 6 nitrogen and oxygen atoms in total. The fraction of sp³-hybridized carbons (Fsp3) is 0.320. The molecular formula is C25H33IN4O2. The molecule has 0 saturated heterocycles. The maximum Gasteiger partial charge on any atom is 0.191 e. The summed E-state index contributed by atoms with van der Waals surface area (Å²) in [6.07, 6.45) is 1.72. The van der Waals surface area contributed by atoms with Gasteiger partial charge < -0.3 is 19.8 Å². The van der Waals surface area contributed by atoms with E-state index < -0.39 is 0 Å². The van der Waals surface area contributed by atoms with Crippen LogP contribution in [0.4, 0.5) is 0 Å². The second-order valence-corrected chi connectivity index (χ2v) is 7.42. The van der Waals surface area contributed by atoms with E-state index >= 15 is 0 Å². The number of furan rings is 1. The smallest absolute Gasteiger partial charge is 0.191 e. The lowest BCUT2D eigenvalue weighted by atomic mass is 10.1. The van der Waals surface area contributed by atoms with Crippen LogP contribution in [0, 0.1) is 0 Å². The van der Waals surface area contributed by atoms with Gasteiger partial charge in [-0.25, -0.2) is 4.99 Å². The SMILES string of the molecule is CCNC(=NCc1ccc(OC)cc1)NCc1ccccc1CN(C)Cc1ccco1.I. The average Bonchev–Trinajstić information content (AvgIpc) is 3.30. The minimum atomic E-state index is 0. The topological polar surface area (TPSA) is 62.0 Å². The first kappa shape index (κ1) is 25.7. The molecule has 7 heteroatoms. The van der Waals surface area contributed by atoms with Gasteiger partial charge in [-0.1, -0.05) is 36.4 Å². The number of nitrogens with one attached hydrogen (secondary N) is 2. The third-order valence-corrected chi connectivity index (χ3v) is 4.93. The fourth-order valence-electron chi connectivity index (χ4n) is 3.32. The van der Waals surface area contributed by atoms with Crippen molar-refractivity contribution in [3.8, 4) is 5.75 Å². The first-order valence-corrected chi connectivity index (χ1v) is 10.6. The Morgan fingerprint density at radius 2 is 1.72 bits per heavy atom. The third-order valence-electron chi connectivity index (χ3n) is 4.93. The highest BCUT2D eigenvalue weighted by Gasteiger charge is 2.08. The largest absolute Gasteiger partial charge is 0.497 e. The summed E-state index contributed by atoms with van der Waals surface area (Å²) in [6.45, 7) is 5.81. The quantitative estimate of drug-likeness (QED) is 0.217. The molecule has 0 aliphatic heterocycles. The number of benzene rings is 2. The van der Waals surface area contributed by atoms with Crippen LogP contribution in [-0.4, -0.2) is 31.6 Å². The van der Waals surface area contributed by atoms with Crippen molar-refractivity contribution in [2.24, 2.45) is 4.99 Å². The number of halogens is 1. The first-order valence-electron chi connectivity index (χ1n) is 10.6. The molecule has 3 aromatic rings. The maximum atomic E-state index is 5.47. The molecule has 0 amide bonds. The second-order valence-electron chi connectivity index (χ2n) is 7.42. The molecule has 0 radical (unpaired) electrons. The predicted molar refractivity (Wildman–Crippen MR) is 140 cm³/mol. The highest BCUT2D eigenvalue weighted by atomic mass is 127. The van der Waals surface area contributed by atoms with Crippen LogP contribution in [-0.2, 0) is 26.2 Å². The van der Waals surface area contributed by atoms with Gasteiger partial charge in [0.05, 0.1) is 26.5 Å². The first-order chi connectivity index (χ1) is 15.2. The van der Waals surface area contributed by atoms with Crippen LogP contribution in [0.15, 0.2) is 76.3 Å². The zero-order chi connectivity index (χ0) is 21.9. The lowest BCUT2D eigenvalue weighted by Crippen LogP contribution is -2.37. The van der Waals surface area contributed by atoms with Gasteiger partial charge in [0, 0.05) is 19.6 Å². The van der Waals surface area contributed by atoms with E-state index in [1.807, 2.05) is 36.4 Å². The van der Waals surface area contributed by atoms with Gasteiger partial charge in [0.2, 0.25) is 0 Å². The van der Waals surface area contributed by atoms with Gasteiger partial charge in [0.25, 0.3) is 0 Å². The van der Waals surface area contributed by atoms with Crippen LogP contribution in [0.2, 0.25) is 0 Å². The van der Waals surface area contributed by atoms with Gasteiger partial charge in [0.1, 0.15) is 11.5 Å². The molecule has 2 aromatic carbocycles. The zero-order valence-electron chi connectivity index (χ0n) is 19.0. The lowest BCUT2D eigenvalue weighted by Gasteiger charge is -2.19. The Hall–Kier alpha value is -2.52. The molecule has 2 N–H and O–H groups in total. The van der Waals surface area contributed by atoms with E-state index in [0.717, 1.165) is 42.7 Å². The van der Waals surface area contributed by atoms with Crippen LogP contribution in [0.25, 0.3) is 0 Å². The monoisotopic (exact) mass is 548 g/mol. The average molecular weight is 548 g/mol. The van der Waals surface area contributed by atoms with Crippen LogP contribution in [0.1, 0.15) is 29.4 Å². The molecule has 0 saturated carbocycles. The molecule has 0 spiro atoms. The van der Waals surface area contributed by atoms with Gasteiger partial charge in [0.15, 0.2) is 5.96 Å². The zero-order valence-corrected chi connectivity index (χ0v) is 21.3. The highest BCUT2D eigenvalue weighted by molar-refractivity contribution is 14.0. The molecule has 1 aromatic heterocycles. The van der Waals surface area contributed by atoms with Crippen molar-refractivity contribution in [3.63, 3.8) is 0 Å². The standard InChI is InChI=1S/C25H32N4O2.HI/c1-4-26-25(27-16-20-11-13-23(30-3)14-12-20)28-17-21-8-5-6-9-22(21)18-29(2)19-24-10-7-15-31-24;/h5-15H,4,16-19H2,1-3H3,(H2,26,27,28);1H. The lowest BCUT2D eigenvalue weighted by molar-refractivity contribution is 0.287. The molecule has 0 aliphatic carbocycles. The van der Waals surface area contributed by atoms with Crippen LogP contribution in [0.5, 0.6) is 5.75 Å². The number of ether oxygens (including phenoxy) is 1. The molecule has 1 heterocycles. The minimum Gasteiger partial charge on any atom is -0.497 e. The molecule has 3 rings (SSSR count). The van der Waals surface area contributed by atoms with E-state index in [1.165, 1.54) is 11.1 Å². The summed E-state index contributed by atoms with van der Waals surface area (Å²) in [5.74, 6) is 2.63. The Balaban J connectivity index is 0.00000363. The van der Waals surface area contributed by atoms with Crippen LogP contribution >= 0.6 is 24.0 Å². The van der Waals surface area contributed by atoms with Crippen LogP contribution in [0.3, 0.4) is 0 Å². The third kappa shape index (κ3) is 8.20. The summed E-state index contributed by atoms with van der Waals surface area (Å²) >= 11 is 0. The Labute approximate surface area is 208 Å². The summed E-state index contributed by atoms with van der Waals surface area (Å²) in [6, 6.07) is 20.4. The van der Waals surface area contributed by atoms with Crippen molar-refractivity contribution < 1.29 is 9.15 Å². The van der Waals surface area contributed by atoms with Crippen molar-refractivity contribution in [1.82, 2.24) is 15.5 Å². The number of hydrogen-bond donors (Lipinski definition) is 2. The molecular weight excluding hydrogens is 515 g/mol. The van der Waals surface area contributed by atoms with Crippen molar-refractivity contribution in [2.75, 3.05) is 20.7 Å². The molecule has 172 valence electrons. The van der Waals surface area contributed by atoms with E-state index in [9.17, 15) is 0 Å². The van der Waals surface area contributed by atoms with Gasteiger partial charge in [-0.3, -0.25) is 4.90 Å². The van der Waals surface area contributed by atoms with Crippen molar-refractivity contribution >= 4 is 29.9 Å². The molecule has 32 heavy (non-hydrogen) atoms. The minimum absolute atomic E-state index is 0. The maximum absolute atomic E-state index is 5.47. The van der Waals surface area contributed by atoms with Crippen molar-refractivity contribution in [1.29, 1.82) is 0 Å². The normalized spacial score (nSPS) is 11.2. The number of methoxy groups -OCH3 is 1. The molecule has 0 bridgehead atoms. The summed E-state index contributed by atoms with van der Waals surface area (Å²) < 4.78 is 10.7. The Bertz CT molecular complexity index is 943. The van der Waals surface area contributed by atoms with Gasteiger partial charge in [-0.05, 0) is 54.9 Å². The van der Waals surface area contributed by atoms with Crippen LogP contribution < -0.4 is 15.4 Å². The van der Waals surface area contributed by atoms with E-state index in [-0.39, 0.29) is 24.0 Å². The molecule has 0 unspecified atom stereocenters. The van der Waals surface area contributed by atoms with Crippen molar-refractivity contribution in [3.05, 3.63) is 89.4 Å². The van der Waals surface area contributed by atoms with E-state index in [0.29, 0.717) is 13.1 Å². The second kappa shape index (κ2) is 13.8. The molecule has 0 aliphatic rings. The van der Waals surface area contributed by atoms with E-state index in [2.05, 4.69) is 53.8 Å². The summed E-state index contributed by atoms with van der Waals surface area (Å²) in [4.78, 5) is 6.98. The number of rotatable bonds is 10. The number of guanidine groups is 1. The Morgan fingerprint density at radius 3 is 2.38 bits per heavy atom. The Morgan fingerprint density at radius 1 is 0.969 bits per heavy atom. The van der Waals surface area contributed by atoms with Gasteiger partial charge in [-0.2, -0.15) is 0 Å². The molecule has 0 atom stereocenters. The Kier molecular flexibility index (Phi) is 11.1. The number of aliphatic imine (C=N–C) groups is 1. The van der Waals surface area contributed by atoms with Gasteiger partial charge >= 0.3 is 0 Å². The summed E-state index contributed by atoms with van der Waals surface area (Å²) in [7, 11) is 3.78. The summed E-state index contributed by atoms with van der Waals surface area (Å²) in [5.41, 5.74) is 3.68. The fourth-order valence-corrected chi connectivity index (χ4v) is 3.32.